The van der Waals surface area contributed by atoms with Gasteiger partial charge in [0.25, 0.3) is 0 Å². The van der Waals surface area contributed by atoms with Crippen LogP contribution in [0.1, 0.15) is 13.3 Å². The minimum atomic E-state index is -0.254. The van der Waals surface area contributed by atoms with Crippen molar-refractivity contribution in [2.75, 3.05) is 12.3 Å². The molecule has 1 aliphatic heterocycles. The molecule has 1 rings (SSSR count). The summed E-state index contributed by atoms with van der Waals surface area (Å²) in [6, 6.07) is 0. The molecule has 0 aromatic heterocycles. The summed E-state index contributed by atoms with van der Waals surface area (Å²) >= 11 is 0. The minimum absolute atomic E-state index is 0.254. The Morgan fingerprint density at radius 1 is 1.71 bits per heavy atom. The summed E-state index contributed by atoms with van der Waals surface area (Å²) < 4.78 is 0. The molecule has 7 heavy (non-hydrogen) atoms. The van der Waals surface area contributed by atoms with Gasteiger partial charge in [-0.15, -0.1) is 5.16 Å². The van der Waals surface area contributed by atoms with Gasteiger partial charge >= 0.3 is 0 Å². The summed E-state index contributed by atoms with van der Waals surface area (Å²) in [4.78, 5) is 0. The molecule has 1 nitrogen and oxygen atoms in total. The highest BCUT2D eigenvalue weighted by molar-refractivity contribution is 7.46. The molecule has 0 bridgehead atoms. The second-order valence-corrected chi connectivity index (χ2v) is 4.23. The third kappa shape index (κ3) is 1.24. The van der Waals surface area contributed by atoms with E-state index in [0.29, 0.717) is 0 Å². The van der Waals surface area contributed by atoms with Crippen molar-refractivity contribution < 1.29 is 0 Å². The number of nitrogens with one attached hydrogen (secondary N) is 1. The highest BCUT2D eigenvalue weighted by atomic mass is 31.1. The van der Waals surface area contributed by atoms with Crippen LogP contribution in [0.5, 0.6) is 0 Å². The normalized spacial score (nSPS) is 36.7. The van der Waals surface area contributed by atoms with Crippen molar-refractivity contribution in [3.63, 3.8) is 0 Å². The minimum Gasteiger partial charge on any atom is -0.125 e. The summed E-state index contributed by atoms with van der Waals surface area (Å²) in [7, 11) is -0.254. The standard InChI is InChI=1S/C5H11NP/c1-5-2-3-7(6)4-5/h5-6H,2-4H2,1H3/q+1. The first-order valence-electron chi connectivity index (χ1n) is 2.75. The Hall–Kier alpha value is 0.100. The highest BCUT2D eigenvalue weighted by Gasteiger charge is 2.23. The van der Waals surface area contributed by atoms with E-state index in [1.54, 1.807) is 0 Å². The molecule has 2 unspecified atom stereocenters. The van der Waals surface area contributed by atoms with Crippen molar-refractivity contribution in [2.24, 2.45) is 5.92 Å². The first-order chi connectivity index (χ1) is 3.29. The van der Waals surface area contributed by atoms with Gasteiger partial charge in [0, 0.05) is 5.92 Å². The molecule has 0 aliphatic carbocycles. The Labute approximate surface area is 45.4 Å². The van der Waals surface area contributed by atoms with Crippen LogP contribution in [0, 0.1) is 11.1 Å². The Kier molecular flexibility index (Phi) is 1.43. The fourth-order valence-electron chi connectivity index (χ4n) is 0.935. The fourth-order valence-corrected chi connectivity index (χ4v) is 2.81. The van der Waals surface area contributed by atoms with Crippen LogP contribution in [0.15, 0.2) is 0 Å². The monoisotopic (exact) mass is 116 g/mol. The van der Waals surface area contributed by atoms with Crippen LogP contribution in [0.3, 0.4) is 0 Å². The fraction of sp³-hybridized carbons (Fsp3) is 1.00. The summed E-state index contributed by atoms with van der Waals surface area (Å²) in [5, 5.41) is 7.33. The second kappa shape index (κ2) is 1.92. The number of hydrogen-bond donors (Lipinski definition) is 1. The van der Waals surface area contributed by atoms with E-state index in [9.17, 15) is 0 Å². The Balaban J connectivity index is 2.40. The van der Waals surface area contributed by atoms with Gasteiger partial charge in [0.05, 0.1) is 0 Å². The van der Waals surface area contributed by atoms with Gasteiger partial charge in [0.2, 0.25) is 0 Å². The van der Waals surface area contributed by atoms with Crippen LogP contribution in [0.2, 0.25) is 0 Å². The van der Waals surface area contributed by atoms with E-state index in [1.807, 2.05) is 0 Å². The largest absolute Gasteiger partial charge is 0.196 e. The molecular formula is C5H11NP+. The lowest BCUT2D eigenvalue weighted by Gasteiger charge is -1.84. The molecule has 2 heteroatoms. The lowest BCUT2D eigenvalue weighted by Crippen LogP contribution is -1.85. The Bertz CT molecular complexity index is 90.1. The zero-order valence-electron chi connectivity index (χ0n) is 4.65. The second-order valence-electron chi connectivity index (χ2n) is 2.34. The molecule has 1 N–H and O–H groups in total. The van der Waals surface area contributed by atoms with Crippen molar-refractivity contribution in [1.82, 2.24) is 0 Å². The number of rotatable bonds is 0. The molecule has 1 heterocycles. The number of hydrogen-bond acceptors (Lipinski definition) is 1. The van der Waals surface area contributed by atoms with Gasteiger partial charge in [-0.1, -0.05) is 6.92 Å². The molecule has 0 radical (unpaired) electrons. The van der Waals surface area contributed by atoms with E-state index < -0.39 is 0 Å². The lowest BCUT2D eigenvalue weighted by molar-refractivity contribution is 0.669. The van der Waals surface area contributed by atoms with E-state index in [4.69, 9.17) is 5.16 Å². The molecule has 2 atom stereocenters. The van der Waals surface area contributed by atoms with Crippen molar-refractivity contribution in [3.05, 3.63) is 0 Å². The predicted molar refractivity (Wildman–Crippen MR) is 33.2 cm³/mol. The van der Waals surface area contributed by atoms with Gasteiger partial charge < -0.3 is 0 Å². The van der Waals surface area contributed by atoms with Crippen LogP contribution < -0.4 is 0 Å². The van der Waals surface area contributed by atoms with Crippen LogP contribution in [0.25, 0.3) is 0 Å². The van der Waals surface area contributed by atoms with E-state index in [-0.39, 0.29) is 7.71 Å². The van der Waals surface area contributed by atoms with Gasteiger partial charge in [0.1, 0.15) is 12.3 Å². The van der Waals surface area contributed by atoms with E-state index in [2.05, 4.69) is 6.92 Å². The SMILES string of the molecule is CC1CC[P+](=N)C1. The molecule has 1 aliphatic rings. The van der Waals surface area contributed by atoms with Crippen LogP contribution in [-0.2, 0) is 0 Å². The summed E-state index contributed by atoms with van der Waals surface area (Å²) in [6.07, 6.45) is 3.72. The maximum atomic E-state index is 7.33. The molecule has 0 saturated carbocycles. The Morgan fingerprint density at radius 2 is 2.43 bits per heavy atom. The zero-order valence-corrected chi connectivity index (χ0v) is 5.54. The van der Waals surface area contributed by atoms with E-state index in [0.717, 1.165) is 5.92 Å². The maximum absolute atomic E-state index is 7.33. The molecule has 1 saturated heterocycles. The molecule has 0 amide bonds. The topological polar surface area (TPSA) is 23.9 Å². The average Bonchev–Trinajstić information content (AvgIpc) is 1.87. The van der Waals surface area contributed by atoms with Gasteiger partial charge in [0.15, 0.2) is 7.71 Å². The highest BCUT2D eigenvalue weighted by Crippen LogP contribution is 2.35. The molecule has 40 valence electrons. The molecule has 0 aromatic rings. The van der Waals surface area contributed by atoms with Gasteiger partial charge in [-0.3, -0.25) is 0 Å². The van der Waals surface area contributed by atoms with E-state index >= 15 is 0 Å². The first kappa shape index (κ1) is 5.24. The third-order valence-electron chi connectivity index (χ3n) is 1.42. The third-order valence-corrected chi connectivity index (χ3v) is 3.29. The lowest BCUT2D eigenvalue weighted by atomic mass is 10.2. The van der Waals surface area contributed by atoms with Crippen LogP contribution in [-0.4, -0.2) is 12.3 Å². The summed E-state index contributed by atoms with van der Waals surface area (Å²) in [5.41, 5.74) is 0. The quantitative estimate of drug-likeness (QED) is 0.469. The van der Waals surface area contributed by atoms with Gasteiger partial charge in [-0.2, -0.15) is 0 Å². The van der Waals surface area contributed by atoms with Crippen LogP contribution in [0.4, 0.5) is 0 Å². The van der Waals surface area contributed by atoms with E-state index in [1.165, 1.54) is 18.7 Å². The average molecular weight is 116 g/mol. The predicted octanol–water partition coefficient (Wildman–Crippen LogP) is 2.27. The molecule has 0 spiro atoms. The summed E-state index contributed by atoms with van der Waals surface area (Å²) in [5.74, 6) is 0.864. The smallest absolute Gasteiger partial charge is 0.125 e. The summed E-state index contributed by atoms with van der Waals surface area (Å²) in [6.45, 7) is 2.25. The first-order valence-corrected chi connectivity index (χ1v) is 4.46. The van der Waals surface area contributed by atoms with Gasteiger partial charge in [-0.05, 0) is 6.42 Å². The molecule has 0 aromatic carbocycles. The van der Waals surface area contributed by atoms with Crippen molar-refractivity contribution in [3.8, 4) is 0 Å². The zero-order chi connectivity index (χ0) is 5.28. The van der Waals surface area contributed by atoms with Crippen molar-refractivity contribution in [1.29, 1.82) is 5.16 Å². The molecule has 1 fully saturated rings. The van der Waals surface area contributed by atoms with Crippen molar-refractivity contribution in [2.45, 2.75) is 13.3 Å². The molecular weight excluding hydrogens is 105 g/mol. The van der Waals surface area contributed by atoms with Crippen LogP contribution >= 0.6 is 7.71 Å². The Morgan fingerprint density at radius 3 is 2.57 bits per heavy atom. The van der Waals surface area contributed by atoms with Gasteiger partial charge in [-0.25, -0.2) is 0 Å². The maximum Gasteiger partial charge on any atom is 0.196 e. The van der Waals surface area contributed by atoms with Crippen molar-refractivity contribution >= 4 is 7.71 Å².